The lowest BCUT2D eigenvalue weighted by Gasteiger charge is -2.12. The first-order valence-electron chi connectivity index (χ1n) is 9.34. The van der Waals surface area contributed by atoms with Gasteiger partial charge in [-0.1, -0.05) is 25.1 Å². The molecule has 3 rings (SSSR count). The molecule has 0 bridgehead atoms. The van der Waals surface area contributed by atoms with Crippen molar-refractivity contribution in [2.24, 2.45) is 0 Å². The molecule has 0 saturated heterocycles. The normalized spacial score (nSPS) is 10.3. The molecule has 0 unspecified atom stereocenters. The minimum atomic E-state index is -0.298. The molecule has 1 heterocycles. The second kappa shape index (κ2) is 8.97. The Kier molecular flexibility index (Phi) is 6.19. The lowest BCUT2D eigenvalue weighted by Crippen LogP contribution is -2.16. The molecule has 0 saturated carbocycles. The molecule has 148 valence electrons. The lowest BCUT2D eigenvalue weighted by molar-refractivity contribution is -0.114. The van der Waals surface area contributed by atoms with Gasteiger partial charge < -0.3 is 16.0 Å². The molecule has 29 heavy (non-hydrogen) atoms. The number of hydrogen-bond donors (Lipinski definition) is 3. The summed E-state index contributed by atoms with van der Waals surface area (Å²) in [7, 11) is 0. The van der Waals surface area contributed by atoms with E-state index in [0.717, 1.165) is 28.9 Å². The van der Waals surface area contributed by atoms with Crippen LogP contribution in [-0.4, -0.2) is 22.0 Å². The fourth-order valence-electron chi connectivity index (χ4n) is 2.89. The molecular formula is C22H23N5O2. The van der Waals surface area contributed by atoms with E-state index >= 15 is 0 Å². The highest BCUT2D eigenvalue weighted by Crippen LogP contribution is 2.22. The maximum Gasteiger partial charge on any atom is 0.276 e. The number of nitrogens with zero attached hydrogens (tertiary/aromatic N) is 2. The Bertz CT molecular complexity index is 1010. The predicted molar refractivity (Wildman–Crippen MR) is 115 cm³/mol. The first kappa shape index (κ1) is 20.0. The zero-order valence-electron chi connectivity index (χ0n) is 16.6. The minimum absolute atomic E-state index is 0.123. The van der Waals surface area contributed by atoms with Gasteiger partial charge in [-0.05, 0) is 60.9 Å². The van der Waals surface area contributed by atoms with Crippen LogP contribution < -0.4 is 16.0 Å². The van der Waals surface area contributed by atoms with E-state index in [-0.39, 0.29) is 17.5 Å². The Balaban J connectivity index is 1.67. The smallest absolute Gasteiger partial charge is 0.276 e. The van der Waals surface area contributed by atoms with Gasteiger partial charge in [0.05, 0.1) is 0 Å². The molecule has 2 aromatic carbocycles. The highest BCUT2D eigenvalue weighted by atomic mass is 16.2. The van der Waals surface area contributed by atoms with Gasteiger partial charge in [0, 0.05) is 24.0 Å². The van der Waals surface area contributed by atoms with Crippen LogP contribution in [0.2, 0.25) is 0 Å². The van der Waals surface area contributed by atoms with E-state index in [0.29, 0.717) is 11.5 Å². The number of carbonyl (C=O) groups excluding carboxylic acids is 2. The van der Waals surface area contributed by atoms with Crippen molar-refractivity contribution >= 4 is 34.7 Å². The number of hydrogen-bond acceptors (Lipinski definition) is 5. The van der Waals surface area contributed by atoms with Crippen molar-refractivity contribution in [1.29, 1.82) is 0 Å². The third-order valence-corrected chi connectivity index (χ3v) is 4.35. The first-order valence-corrected chi connectivity index (χ1v) is 9.34. The predicted octanol–water partition coefficient (Wildman–Crippen LogP) is 4.30. The molecular weight excluding hydrogens is 366 g/mol. The lowest BCUT2D eigenvalue weighted by atomic mass is 10.1. The number of benzene rings is 2. The summed E-state index contributed by atoms with van der Waals surface area (Å²) < 4.78 is 0. The van der Waals surface area contributed by atoms with Crippen LogP contribution in [0.3, 0.4) is 0 Å². The maximum absolute atomic E-state index is 12.6. The van der Waals surface area contributed by atoms with E-state index in [1.807, 2.05) is 44.2 Å². The van der Waals surface area contributed by atoms with Gasteiger partial charge in [-0.3, -0.25) is 9.59 Å². The van der Waals surface area contributed by atoms with Gasteiger partial charge in [-0.25, -0.2) is 0 Å². The van der Waals surface area contributed by atoms with Crippen LogP contribution in [0.25, 0.3) is 0 Å². The Morgan fingerprint density at radius 3 is 2.24 bits per heavy atom. The molecule has 0 radical (unpaired) electrons. The van der Waals surface area contributed by atoms with Crippen molar-refractivity contribution in [3.63, 3.8) is 0 Å². The van der Waals surface area contributed by atoms with Gasteiger partial charge in [-0.2, -0.15) is 0 Å². The molecule has 0 aliphatic carbocycles. The van der Waals surface area contributed by atoms with E-state index in [9.17, 15) is 9.59 Å². The number of nitrogens with one attached hydrogen (secondary N) is 3. The van der Waals surface area contributed by atoms with Crippen molar-refractivity contribution in [2.45, 2.75) is 27.2 Å². The summed E-state index contributed by atoms with van der Waals surface area (Å²) in [6.07, 6.45) is 0.826. The average Bonchev–Trinajstić information content (AvgIpc) is 2.71. The van der Waals surface area contributed by atoms with E-state index in [1.165, 1.54) is 6.92 Å². The maximum atomic E-state index is 12.6. The Morgan fingerprint density at radius 1 is 0.897 bits per heavy atom. The van der Waals surface area contributed by atoms with Gasteiger partial charge in [0.15, 0.2) is 11.5 Å². The number of aryl methyl sites for hydroxylation is 2. The fraction of sp³-hybridized carbons (Fsp3) is 0.182. The van der Waals surface area contributed by atoms with E-state index in [4.69, 9.17) is 0 Å². The highest BCUT2D eigenvalue weighted by molar-refractivity contribution is 6.03. The van der Waals surface area contributed by atoms with Crippen LogP contribution in [0.1, 0.15) is 35.5 Å². The highest BCUT2D eigenvalue weighted by Gasteiger charge is 2.12. The molecule has 0 aliphatic rings. The first-order chi connectivity index (χ1) is 14.0. The summed E-state index contributed by atoms with van der Waals surface area (Å²) >= 11 is 0. The van der Waals surface area contributed by atoms with Crippen LogP contribution in [0, 0.1) is 6.92 Å². The Labute approximate surface area is 169 Å². The van der Waals surface area contributed by atoms with Crippen LogP contribution in [-0.2, 0) is 11.2 Å². The summed E-state index contributed by atoms with van der Waals surface area (Å²) in [5.41, 5.74) is 4.64. The van der Waals surface area contributed by atoms with Crippen molar-refractivity contribution in [2.75, 3.05) is 16.0 Å². The number of rotatable bonds is 6. The van der Waals surface area contributed by atoms with Gasteiger partial charge in [0.1, 0.15) is 0 Å². The van der Waals surface area contributed by atoms with Crippen LogP contribution in [0.4, 0.5) is 22.9 Å². The second-order valence-corrected chi connectivity index (χ2v) is 6.60. The largest absolute Gasteiger partial charge is 0.339 e. The monoisotopic (exact) mass is 389 g/mol. The summed E-state index contributed by atoms with van der Waals surface area (Å²) in [5.74, 6) is 0.0915. The fourth-order valence-corrected chi connectivity index (χ4v) is 2.89. The van der Waals surface area contributed by atoms with E-state index in [2.05, 4.69) is 26.1 Å². The second-order valence-electron chi connectivity index (χ2n) is 6.60. The zero-order chi connectivity index (χ0) is 20.8. The number of carbonyl (C=O) groups is 2. The molecule has 2 amide bonds. The molecule has 0 spiro atoms. The van der Waals surface area contributed by atoms with E-state index < -0.39 is 0 Å². The van der Waals surface area contributed by atoms with Crippen molar-refractivity contribution < 1.29 is 9.59 Å². The molecule has 3 N–H and O–H groups in total. The quantitative estimate of drug-likeness (QED) is 0.584. The molecule has 0 fully saturated rings. The number of amides is 2. The number of para-hydroxylation sites is 1. The van der Waals surface area contributed by atoms with Crippen molar-refractivity contribution in [1.82, 2.24) is 10.2 Å². The molecule has 7 nitrogen and oxygen atoms in total. The SMILES string of the molecule is CCc1cccc(C)c1NC(=O)c1ccc(Nc2ccc(NC(C)=O)cc2)nn1. The average molecular weight is 389 g/mol. The van der Waals surface area contributed by atoms with Crippen molar-refractivity contribution in [3.05, 3.63) is 71.4 Å². The minimum Gasteiger partial charge on any atom is -0.339 e. The molecule has 0 atom stereocenters. The van der Waals surface area contributed by atoms with Gasteiger partial charge in [-0.15, -0.1) is 10.2 Å². The van der Waals surface area contributed by atoms with Crippen LogP contribution in [0.5, 0.6) is 0 Å². The van der Waals surface area contributed by atoms with Gasteiger partial charge in [0.2, 0.25) is 5.91 Å². The standard InChI is InChI=1S/C22H23N5O2/c1-4-16-7-5-6-14(2)21(16)25-22(29)19-12-13-20(27-26-19)24-18-10-8-17(9-11-18)23-15(3)28/h5-13H,4H2,1-3H3,(H,23,28)(H,24,27)(H,25,29). The van der Waals surface area contributed by atoms with E-state index in [1.54, 1.807) is 24.3 Å². The third-order valence-electron chi connectivity index (χ3n) is 4.35. The molecule has 0 aliphatic heterocycles. The summed E-state index contributed by atoms with van der Waals surface area (Å²) in [5, 5.41) is 16.9. The summed E-state index contributed by atoms with van der Waals surface area (Å²) in [4.78, 5) is 23.6. The van der Waals surface area contributed by atoms with Crippen molar-refractivity contribution in [3.8, 4) is 0 Å². The third kappa shape index (κ3) is 5.16. The molecule has 1 aromatic heterocycles. The topological polar surface area (TPSA) is 96.0 Å². The summed E-state index contributed by atoms with van der Waals surface area (Å²) in [6, 6.07) is 16.5. The van der Waals surface area contributed by atoms with Gasteiger partial charge in [0.25, 0.3) is 5.91 Å². The summed E-state index contributed by atoms with van der Waals surface area (Å²) in [6.45, 7) is 5.47. The zero-order valence-corrected chi connectivity index (χ0v) is 16.6. The van der Waals surface area contributed by atoms with Gasteiger partial charge >= 0.3 is 0 Å². The Hall–Kier alpha value is -3.74. The molecule has 3 aromatic rings. The Morgan fingerprint density at radius 2 is 1.62 bits per heavy atom. The molecule has 7 heteroatoms. The number of anilines is 4. The number of aromatic nitrogens is 2. The van der Waals surface area contributed by atoms with Crippen LogP contribution in [0.15, 0.2) is 54.6 Å². The van der Waals surface area contributed by atoms with Crippen LogP contribution >= 0.6 is 0 Å².